The molecule has 106 valence electrons. The van der Waals surface area contributed by atoms with Gasteiger partial charge in [-0.2, -0.15) is 0 Å². The number of nitrogens with two attached hydrogens (primary N) is 2. The second-order valence-electron chi connectivity index (χ2n) is 5.03. The molecule has 0 spiro atoms. The van der Waals surface area contributed by atoms with Crippen molar-refractivity contribution in [3.8, 4) is 0 Å². The van der Waals surface area contributed by atoms with E-state index in [1.54, 1.807) is 0 Å². The number of halogens is 2. The van der Waals surface area contributed by atoms with Gasteiger partial charge in [0, 0.05) is 12.6 Å². The molecule has 0 amide bonds. The summed E-state index contributed by atoms with van der Waals surface area (Å²) in [4.78, 5) is 2.38. The van der Waals surface area contributed by atoms with Crippen LogP contribution < -0.4 is 16.8 Å². The van der Waals surface area contributed by atoms with Crippen molar-refractivity contribution in [2.75, 3.05) is 36.4 Å². The van der Waals surface area contributed by atoms with Crippen LogP contribution in [0.4, 0.5) is 21.5 Å². The van der Waals surface area contributed by atoms with Gasteiger partial charge >= 0.3 is 0 Å². The van der Waals surface area contributed by atoms with Crippen LogP contribution in [0.15, 0.2) is 6.07 Å². The molecule has 0 aliphatic carbocycles. The minimum absolute atomic E-state index is 0.0782. The monoisotopic (exact) mass is 286 g/mol. The van der Waals surface area contributed by atoms with Gasteiger partial charge in [-0.05, 0) is 38.9 Å². The summed E-state index contributed by atoms with van der Waals surface area (Å²) in [7, 11) is 0. The second kappa shape index (κ2) is 5.84. The molecular formula is C13H20ClFN4. The molecule has 4 nitrogen and oxygen atoms in total. The van der Waals surface area contributed by atoms with Crippen molar-refractivity contribution in [1.82, 2.24) is 4.90 Å². The van der Waals surface area contributed by atoms with E-state index in [2.05, 4.69) is 17.1 Å². The topological polar surface area (TPSA) is 67.3 Å². The van der Waals surface area contributed by atoms with Gasteiger partial charge < -0.3 is 16.8 Å². The summed E-state index contributed by atoms with van der Waals surface area (Å²) in [5.74, 6) is -0.576. The van der Waals surface area contributed by atoms with Gasteiger partial charge in [0.15, 0.2) is 5.82 Å². The maximum atomic E-state index is 14.0. The Balaban J connectivity index is 2.05. The molecule has 1 heterocycles. The Labute approximate surface area is 117 Å². The summed E-state index contributed by atoms with van der Waals surface area (Å²) in [6.07, 6.45) is 2.46. The lowest BCUT2D eigenvalue weighted by Gasteiger charge is -2.25. The third-order valence-corrected chi connectivity index (χ3v) is 3.99. The Morgan fingerprint density at radius 3 is 2.63 bits per heavy atom. The van der Waals surface area contributed by atoms with Crippen LogP contribution in [0.25, 0.3) is 0 Å². The van der Waals surface area contributed by atoms with E-state index in [0.29, 0.717) is 12.6 Å². The third-order valence-electron chi connectivity index (χ3n) is 3.60. The molecule has 6 heteroatoms. The van der Waals surface area contributed by atoms with Crippen molar-refractivity contribution in [3.63, 3.8) is 0 Å². The third kappa shape index (κ3) is 3.04. The maximum Gasteiger partial charge on any atom is 0.169 e. The van der Waals surface area contributed by atoms with Gasteiger partial charge in [0.2, 0.25) is 0 Å². The molecule has 19 heavy (non-hydrogen) atoms. The smallest absolute Gasteiger partial charge is 0.169 e. The first-order valence-electron chi connectivity index (χ1n) is 6.51. The number of benzene rings is 1. The van der Waals surface area contributed by atoms with Crippen LogP contribution in [0.5, 0.6) is 0 Å². The van der Waals surface area contributed by atoms with Crippen LogP contribution in [0, 0.1) is 5.82 Å². The first kappa shape index (κ1) is 14.2. The van der Waals surface area contributed by atoms with Crippen molar-refractivity contribution in [2.45, 2.75) is 25.8 Å². The predicted octanol–water partition coefficient (Wildman–Crippen LogP) is 2.54. The van der Waals surface area contributed by atoms with Gasteiger partial charge in [-0.1, -0.05) is 11.6 Å². The van der Waals surface area contributed by atoms with Gasteiger partial charge in [0.25, 0.3) is 0 Å². The summed E-state index contributed by atoms with van der Waals surface area (Å²) in [5, 5.41) is 2.97. The molecule has 1 saturated heterocycles. The van der Waals surface area contributed by atoms with Crippen LogP contribution in [-0.4, -0.2) is 30.6 Å². The van der Waals surface area contributed by atoms with E-state index in [4.69, 9.17) is 23.1 Å². The van der Waals surface area contributed by atoms with Gasteiger partial charge in [0.1, 0.15) is 5.02 Å². The quantitative estimate of drug-likeness (QED) is 0.744. The lowest BCUT2D eigenvalue weighted by Crippen LogP contribution is -2.35. The van der Waals surface area contributed by atoms with Crippen LogP contribution in [0.2, 0.25) is 5.02 Å². The average Bonchev–Trinajstić information content (AvgIpc) is 2.89. The van der Waals surface area contributed by atoms with Gasteiger partial charge in [-0.15, -0.1) is 0 Å². The first-order chi connectivity index (χ1) is 9.00. The number of nitrogens with one attached hydrogen (secondary N) is 1. The highest BCUT2D eigenvalue weighted by Gasteiger charge is 2.19. The molecule has 1 unspecified atom stereocenters. The van der Waals surface area contributed by atoms with Gasteiger partial charge in [0.05, 0.1) is 17.1 Å². The van der Waals surface area contributed by atoms with Crippen molar-refractivity contribution >= 4 is 28.7 Å². The lowest BCUT2D eigenvalue weighted by molar-refractivity contribution is 0.269. The fourth-order valence-electron chi connectivity index (χ4n) is 2.41. The summed E-state index contributed by atoms with van der Waals surface area (Å²) < 4.78 is 14.0. The Hall–Kier alpha value is -1.20. The van der Waals surface area contributed by atoms with E-state index in [1.807, 2.05) is 0 Å². The molecule has 1 aliphatic heterocycles. The molecule has 1 aliphatic rings. The highest BCUT2D eigenvalue weighted by Crippen LogP contribution is 2.33. The highest BCUT2D eigenvalue weighted by atomic mass is 35.5. The molecule has 0 aromatic heterocycles. The van der Waals surface area contributed by atoms with Crippen molar-refractivity contribution in [3.05, 3.63) is 16.9 Å². The Kier molecular flexibility index (Phi) is 4.37. The van der Waals surface area contributed by atoms with E-state index < -0.39 is 5.82 Å². The number of likely N-dealkylation sites (tertiary alicyclic amines) is 1. The number of hydrogen-bond donors (Lipinski definition) is 3. The normalized spacial score (nSPS) is 17.6. The largest absolute Gasteiger partial charge is 0.397 e. The fraction of sp³-hybridized carbons (Fsp3) is 0.538. The number of nitrogen functional groups attached to an aromatic ring is 2. The minimum Gasteiger partial charge on any atom is -0.397 e. The molecule has 0 radical (unpaired) electrons. The summed E-state index contributed by atoms with van der Waals surface area (Å²) in [5.41, 5.74) is 12.0. The average molecular weight is 287 g/mol. The molecule has 2 rings (SSSR count). The Morgan fingerprint density at radius 2 is 2.00 bits per heavy atom. The Morgan fingerprint density at radius 1 is 1.37 bits per heavy atom. The fourth-order valence-corrected chi connectivity index (χ4v) is 2.56. The Bertz CT molecular complexity index is 460. The summed E-state index contributed by atoms with van der Waals surface area (Å²) >= 11 is 5.79. The van der Waals surface area contributed by atoms with Gasteiger partial charge in [-0.25, -0.2) is 4.39 Å². The number of nitrogens with zero attached hydrogens (tertiary/aromatic N) is 1. The van der Waals surface area contributed by atoms with Crippen LogP contribution in [0.1, 0.15) is 19.8 Å². The zero-order chi connectivity index (χ0) is 14.0. The van der Waals surface area contributed by atoms with Crippen molar-refractivity contribution in [1.29, 1.82) is 0 Å². The molecule has 1 aromatic rings. The molecular weight excluding hydrogens is 267 g/mol. The SMILES string of the molecule is CC(CNc1c(N)cc(N)c(Cl)c1F)N1CCCC1. The predicted molar refractivity (Wildman–Crippen MR) is 79.0 cm³/mol. The summed E-state index contributed by atoms with van der Waals surface area (Å²) in [6, 6.07) is 1.81. The summed E-state index contributed by atoms with van der Waals surface area (Å²) in [6.45, 7) is 4.94. The van der Waals surface area contributed by atoms with Crippen LogP contribution >= 0.6 is 11.6 Å². The van der Waals surface area contributed by atoms with E-state index in [-0.39, 0.29) is 22.1 Å². The first-order valence-corrected chi connectivity index (χ1v) is 6.89. The molecule has 1 atom stereocenters. The molecule has 5 N–H and O–H groups in total. The van der Waals surface area contributed by atoms with E-state index >= 15 is 0 Å². The van der Waals surface area contributed by atoms with Crippen LogP contribution in [0.3, 0.4) is 0 Å². The maximum absolute atomic E-state index is 14.0. The number of hydrogen-bond acceptors (Lipinski definition) is 4. The van der Waals surface area contributed by atoms with Crippen LogP contribution in [-0.2, 0) is 0 Å². The second-order valence-corrected chi connectivity index (χ2v) is 5.41. The highest BCUT2D eigenvalue weighted by molar-refractivity contribution is 6.33. The van der Waals surface area contributed by atoms with Gasteiger partial charge in [-0.3, -0.25) is 4.90 Å². The van der Waals surface area contributed by atoms with E-state index in [1.165, 1.54) is 18.9 Å². The molecule has 0 bridgehead atoms. The minimum atomic E-state index is -0.576. The molecule has 0 saturated carbocycles. The molecule has 1 fully saturated rings. The standard InChI is InChI=1S/C13H20ClFN4/c1-8(19-4-2-3-5-19)7-18-13-10(17)6-9(16)11(14)12(13)15/h6,8,18H,2-5,7,16-17H2,1H3. The number of rotatable bonds is 4. The lowest BCUT2D eigenvalue weighted by atomic mass is 10.2. The zero-order valence-electron chi connectivity index (χ0n) is 11.0. The molecule has 1 aromatic carbocycles. The van der Waals surface area contributed by atoms with Crippen molar-refractivity contribution < 1.29 is 4.39 Å². The van der Waals surface area contributed by atoms with Crippen molar-refractivity contribution in [2.24, 2.45) is 0 Å². The van der Waals surface area contributed by atoms with E-state index in [0.717, 1.165) is 13.1 Å². The zero-order valence-corrected chi connectivity index (χ0v) is 11.8. The number of anilines is 3. The van der Waals surface area contributed by atoms with E-state index in [9.17, 15) is 4.39 Å².